The van der Waals surface area contributed by atoms with Gasteiger partial charge in [0.15, 0.2) is 0 Å². The molecule has 20 heavy (non-hydrogen) atoms. The van der Waals surface area contributed by atoms with Crippen molar-refractivity contribution in [2.24, 2.45) is 5.92 Å². The van der Waals surface area contributed by atoms with Gasteiger partial charge in [0.25, 0.3) is 0 Å². The Hall–Kier alpha value is -1.91. The Labute approximate surface area is 119 Å². The number of hydrogen-bond acceptors (Lipinski definition) is 4. The van der Waals surface area contributed by atoms with Crippen LogP contribution in [0.5, 0.6) is 11.5 Å². The Kier molecular flexibility index (Phi) is 4.71. The summed E-state index contributed by atoms with van der Waals surface area (Å²) in [5, 5.41) is 0. The molecular formula is C15H21NO4. The van der Waals surface area contributed by atoms with Gasteiger partial charge in [0.05, 0.1) is 19.7 Å². The van der Waals surface area contributed by atoms with Crippen LogP contribution in [-0.4, -0.2) is 43.9 Å². The molecule has 0 aliphatic carbocycles. The number of amides is 1. The van der Waals surface area contributed by atoms with Crippen molar-refractivity contribution in [1.29, 1.82) is 0 Å². The molecule has 5 heteroatoms. The summed E-state index contributed by atoms with van der Waals surface area (Å²) in [6, 6.07) is 7.52. The lowest BCUT2D eigenvalue weighted by Gasteiger charge is -2.24. The van der Waals surface area contributed by atoms with Crippen LogP contribution in [-0.2, 0) is 4.74 Å². The summed E-state index contributed by atoms with van der Waals surface area (Å²) in [5.74, 6) is 1.93. The SMILES string of the molecule is COc1ccc(OCCN2C(=O)OC[C@@H]2C(C)C)cc1. The maximum absolute atomic E-state index is 11.6. The zero-order valence-corrected chi connectivity index (χ0v) is 12.2. The largest absolute Gasteiger partial charge is 0.497 e. The molecule has 0 radical (unpaired) electrons. The van der Waals surface area contributed by atoms with Crippen molar-refractivity contribution >= 4 is 6.09 Å². The number of nitrogens with zero attached hydrogens (tertiary/aromatic N) is 1. The maximum atomic E-state index is 11.6. The molecule has 0 aromatic heterocycles. The first-order chi connectivity index (χ1) is 9.61. The number of methoxy groups -OCH3 is 1. The van der Waals surface area contributed by atoms with Crippen LogP contribution in [0, 0.1) is 5.92 Å². The van der Waals surface area contributed by atoms with Crippen LogP contribution >= 0.6 is 0 Å². The first-order valence-corrected chi connectivity index (χ1v) is 6.82. The summed E-state index contributed by atoms with van der Waals surface area (Å²) in [6.45, 7) is 5.63. The first-order valence-electron chi connectivity index (χ1n) is 6.82. The van der Waals surface area contributed by atoms with Gasteiger partial charge in [0, 0.05) is 0 Å². The zero-order chi connectivity index (χ0) is 14.5. The zero-order valence-electron chi connectivity index (χ0n) is 12.2. The number of carbonyl (C=O) groups is 1. The van der Waals surface area contributed by atoms with Gasteiger partial charge >= 0.3 is 6.09 Å². The number of rotatable bonds is 6. The normalized spacial score (nSPS) is 18.3. The van der Waals surface area contributed by atoms with Crippen molar-refractivity contribution in [1.82, 2.24) is 4.90 Å². The second-order valence-electron chi connectivity index (χ2n) is 5.11. The minimum Gasteiger partial charge on any atom is -0.497 e. The van der Waals surface area contributed by atoms with Crippen molar-refractivity contribution in [3.63, 3.8) is 0 Å². The molecule has 1 amide bonds. The highest BCUT2D eigenvalue weighted by Crippen LogP contribution is 2.20. The van der Waals surface area contributed by atoms with Crippen molar-refractivity contribution in [3.05, 3.63) is 24.3 Å². The lowest BCUT2D eigenvalue weighted by molar-refractivity contribution is 0.148. The van der Waals surface area contributed by atoms with E-state index in [1.165, 1.54) is 0 Å². The number of benzene rings is 1. The fourth-order valence-electron chi connectivity index (χ4n) is 2.21. The van der Waals surface area contributed by atoms with E-state index in [1.54, 1.807) is 12.0 Å². The smallest absolute Gasteiger partial charge is 0.410 e. The van der Waals surface area contributed by atoms with Gasteiger partial charge in [0.1, 0.15) is 24.7 Å². The second kappa shape index (κ2) is 6.50. The van der Waals surface area contributed by atoms with E-state index in [9.17, 15) is 4.79 Å². The van der Waals surface area contributed by atoms with Crippen LogP contribution in [0.1, 0.15) is 13.8 Å². The standard InChI is InChI=1S/C15H21NO4/c1-11(2)14-10-20-15(17)16(14)8-9-19-13-6-4-12(18-3)5-7-13/h4-7,11,14H,8-10H2,1-3H3/t14-/m1/s1. The van der Waals surface area contributed by atoms with Gasteiger partial charge in [-0.3, -0.25) is 4.90 Å². The van der Waals surface area contributed by atoms with E-state index in [4.69, 9.17) is 14.2 Å². The van der Waals surface area contributed by atoms with Crippen molar-refractivity contribution in [3.8, 4) is 11.5 Å². The molecule has 1 aromatic carbocycles. The molecule has 1 aromatic rings. The molecule has 0 spiro atoms. The van der Waals surface area contributed by atoms with E-state index >= 15 is 0 Å². The van der Waals surface area contributed by atoms with E-state index in [-0.39, 0.29) is 12.1 Å². The summed E-state index contributed by atoms with van der Waals surface area (Å²) in [4.78, 5) is 13.4. The van der Waals surface area contributed by atoms with Gasteiger partial charge in [-0.25, -0.2) is 4.79 Å². The molecule has 0 unspecified atom stereocenters. The second-order valence-corrected chi connectivity index (χ2v) is 5.11. The third-order valence-corrected chi connectivity index (χ3v) is 3.44. The maximum Gasteiger partial charge on any atom is 0.410 e. The summed E-state index contributed by atoms with van der Waals surface area (Å²) >= 11 is 0. The molecule has 110 valence electrons. The van der Waals surface area contributed by atoms with E-state index in [1.807, 2.05) is 24.3 Å². The van der Waals surface area contributed by atoms with Crippen LogP contribution < -0.4 is 9.47 Å². The molecule has 1 aliphatic heterocycles. The van der Waals surface area contributed by atoms with Gasteiger partial charge in [-0.05, 0) is 30.2 Å². The lowest BCUT2D eigenvalue weighted by atomic mass is 10.1. The van der Waals surface area contributed by atoms with Crippen molar-refractivity contribution in [2.75, 3.05) is 26.9 Å². The molecule has 0 saturated carbocycles. The molecule has 5 nitrogen and oxygen atoms in total. The minimum absolute atomic E-state index is 0.141. The highest BCUT2D eigenvalue weighted by atomic mass is 16.6. The molecule has 0 bridgehead atoms. The average molecular weight is 279 g/mol. The van der Waals surface area contributed by atoms with Crippen LogP contribution in [0.3, 0.4) is 0 Å². The van der Waals surface area contributed by atoms with Gasteiger partial charge in [-0.2, -0.15) is 0 Å². The molecule has 2 rings (SSSR count). The molecule has 1 aliphatic rings. The molecule has 1 atom stereocenters. The minimum atomic E-state index is -0.248. The fourth-order valence-corrected chi connectivity index (χ4v) is 2.21. The highest BCUT2D eigenvalue weighted by molar-refractivity contribution is 5.70. The summed E-state index contributed by atoms with van der Waals surface area (Å²) < 4.78 is 15.8. The van der Waals surface area contributed by atoms with E-state index < -0.39 is 0 Å². The van der Waals surface area contributed by atoms with Crippen LogP contribution in [0.25, 0.3) is 0 Å². The quantitative estimate of drug-likeness (QED) is 0.803. The molecular weight excluding hydrogens is 258 g/mol. The molecule has 1 saturated heterocycles. The van der Waals surface area contributed by atoms with Crippen LogP contribution in [0.4, 0.5) is 4.79 Å². The lowest BCUT2D eigenvalue weighted by Crippen LogP contribution is -2.39. The Morgan fingerprint density at radius 3 is 2.55 bits per heavy atom. The number of cyclic esters (lactones) is 1. The topological polar surface area (TPSA) is 48.0 Å². The average Bonchev–Trinajstić information content (AvgIpc) is 2.81. The van der Waals surface area contributed by atoms with E-state index in [0.717, 1.165) is 11.5 Å². The highest BCUT2D eigenvalue weighted by Gasteiger charge is 2.34. The first kappa shape index (κ1) is 14.5. The van der Waals surface area contributed by atoms with Crippen molar-refractivity contribution < 1.29 is 19.0 Å². The van der Waals surface area contributed by atoms with E-state index in [2.05, 4.69) is 13.8 Å². The Bertz CT molecular complexity index is 444. The summed E-state index contributed by atoms with van der Waals surface area (Å²) in [5.41, 5.74) is 0. The Morgan fingerprint density at radius 1 is 1.30 bits per heavy atom. The third-order valence-electron chi connectivity index (χ3n) is 3.44. The monoisotopic (exact) mass is 279 g/mol. The van der Waals surface area contributed by atoms with Crippen LogP contribution in [0.15, 0.2) is 24.3 Å². The fraction of sp³-hybridized carbons (Fsp3) is 0.533. The number of hydrogen-bond donors (Lipinski definition) is 0. The Balaban J connectivity index is 1.83. The van der Waals surface area contributed by atoms with Gasteiger partial charge in [-0.1, -0.05) is 13.8 Å². The third kappa shape index (κ3) is 3.35. The predicted molar refractivity (Wildman–Crippen MR) is 75.2 cm³/mol. The molecule has 0 N–H and O–H groups in total. The summed E-state index contributed by atoms with van der Waals surface area (Å²) in [6.07, 6.45) is -0.248. The number of ether oxygens (including phenoxy) is 3. The summed E-state index contributed by atoms with van der Waals surface area (Å²) in [7, 11) is 1.63. The van der Waals surface area contributed by atoms with Crippen molar-refractivity contribution in [2.45, 2.75) is 19.9 Å². The van der Waals surface area contributed by atoms with Crippen LogP contribution in [0.2, 0.25) is 0 Å². The molecule has 1 fully saturated rings. The Morgan fingerprint density at radius 2 is 1.95 bits per heavy atom. The van der Waals surface area contributed by atoms with Gasteiger partial charge < -0.3 is 14.2 Å². The van der Waals surface area contributed by atoms with Gasteiger partial charge in [0.2, 0.25) is 0 Å². The number of carbonyl (C=O) groups excluding carboxylic acids is 1. The molecule has 1 heterocycles. The van der Waals surface area contributed by atoms with E-state index in [0.29, 0.717) is 25.7 Å². The predicted octanol–water partition coefficient (Wildman–Crippen LogP) is 2.55. The van der Waals surface area contributed by atoms with Gasteiger partial charge in [-0.15, -0.1) is 0 Å².